The summed E-state index contributed by atoms with van der Waals surface area (Å²) < 4.78 is 41.7. The van der Waals surface area contributed by atoms with Gasteiger partial charge in [0.05, 0.1) is 17.1 Å². The summed E-state index contributed by atoms with van der Waals surface area (Å²) in [4.78, 5) is 11.6. The van der Waals surface area contributed by atoms with Gasteiger partial charge in [0, 0.05) is 29.0 Å². The van der Waals surface area contributed by atoms with Crippen molar-refractivity contribution in [1.29, 1.82) is 0 Å². The smallest absolute Gasteiger partial charge is 0.341 e. The van der Waals surface area contributed by atoms with Crippen molar-refractivity contribution in [2.45, 2.75) is 63.6 Å². The van der Waals surface area contributed by atoms with Crippen LogP contribution in [-0.2, 0) is 19.6 Å². The van der Waals surface area contributed by atoms with Crippen LogP contribution in [0.1, 0.15) is 62.3 Å². The van der Waals surface area contributed by atoms with E-state index in [0.717, 1.165) is 33.2 Å². The van der Waals surface area contributed by atoms with Gasteiger partial charge in [-0.3, -0.25) is 0 Å². The third kappa shape index (κ3) is 6.01. The number of halogens is 1. The second-order valence-corrected chi connectivity index (χ2v) is 13.6. The molecule has 2 aliphatic heterocycles. The van der Waals surface area contributed by atoms with E-state index in [2.05, 4.69) is 42.4 Å². The molecule has 2 fully saturated rings. The number of nitrogens with zero attached hydrogens (tertiary/aromatic N) is 1. The molecule has 2 heterocycles. The van der Waals surface area contributed by atoms with Crippen molar-refractivity contribution >= 4 is 31.9 Å². The SMILES string of the molecule is C=C(C)[C@@H]1C[C@H]2CN(S(=O)(=O)c3ccc(Br)cc3)CC[C@H]2O[C@H]1c1c(C)cc(C(C)C)cc1OCC(=O)O. The Labute approximate surface area is 234 Å². The lowest BCUT2D eigenvalue weighted by Gasteiger charge is -2.47. The van der Waals surface area contributed by atoms with Gasteiger partial charge in [-0.25, -0.2) is 13.2 Å². The van der Waals surface area contributed by atoms with Gasteiger partial charge in [-0.1, -0.05) is 48.0 Å². The Morgan fingerprint density at radius 2 is 1.95 bits per heavy atom. The van der Waals surface area contributed by atoms with Crippen molar-refractivity contribution in [3.05, 3.63) is 69.7 Å². The number of aryl methyl sites for hydroxylation is 1. The number of carboxylic acid groups (broad SMARTS) is 1. The number of hydrogen-bond donors (Lipinski definition) is 1. The third-order valence-electron chi connectivity index (χ3n) is 7.63. The van der Waals surface area contributed by atoms with E-state index >= 15 is 0 Å². The summed E-state index contributed by atoms with van der Waals surface area (Å²) in [5.41, 5.74) is 3.85. The largest absolute Gasteiger partial charge is 0.482 e. The molecule has 1 N–H and O–H groups in total. The fraction of sp³-hybridized carbons (Fsp3) is 0.483. The summed E-state index contributed by atoms with van der Waals surface area (Å²) in [5.74, 6) is -0.307. The van der Waals surface area contributed by atoms with E-state index in [9.17, 15) is 18.3 Å². The van der Waals surface area contributed by atoms with E-state index in [-0.39, 0.29) is 34.9 Å². The molecular formula is C29H36BrNO6S. The molecule has 0 bridgehead atoms. The number of fused-ring (bicyclic) bond motifs is 1. The van der Waals surface area contributed by atoms with Crippen LogP contribution >= 0.6 is 15.9 Å². The zero-order valence-corrected chi connectivity index (χ0v) is 24.7. The van der Waals surface area contributed by atoms with Crippen LogP contribution in [0.5, 0.6) is 5.75 Å². The lowest BCUT2D eigenvalue weighted by molar-refractivity contribution is -0.139. The third-order valence-corrected chi connectivity index (χ3v) is 10.0. The van der Waals surface area contributed by atoms with Crippen LogP contribution in [0, 0.1) is 18.8 Å². The zero-order chi connectivity index (χ0) is 27.8. The highest BCUT2D eigenvalue weighted by Gasteiger charge is 2.45. The average Bonchev–Trinajstić information content (AvgIpc) is 2.86. The summed E-state index contributed by atoms with van der Waals surface area (Å²) in [7, 11) is -3.62. The lowest BCUT2D eigenvalue weighted by Crippen LogP contribution is -2.50. The van der Waals surface area contributed by atoms with E-state index in [4.69, 9.17) is 9.47 Å². The number of aliphatic carboxylic acids is 1. The second kappa shape index (κ2) is 11.5. The van der Waals surface area contributed by atoms with Crippen LogP contribution in [0.2, 0.25) is 0 Å². The molecule has 7 nitrogen and oxygen atoms in total. The number of benzene rings is 2. The standard InChI is InChI=1S/C29H36BrNO6S/c1-17(2)20-12-19(5)28(26(14-20)36-16-27(32)33)29-24(18(3)4)13-21-15-31(11-10-25(21)37-29)38(34,35)23-8-6-22(30)7-9-23/h6-9,12,14,17,21,24-25,29H,3,10-11,13,15-16H2,1-2,4-5H3,(H,32,33)/t21-,24-,25+,29+/m0/s1. The topological polar surface area (TPSA) is 93.1 Å². The number of piperidine rings is 1. The number of sulfonamides is 1. The van der Waals surface area contributed by atoms with Gasteiger partial charge in [-0.05, 0) is 80.0 Å². The van der Waals surface area contributed by atoms with Gasteiger partial charge in [-0.15, -0.1) is 0 Å². The van der Waals surface area contributed by atoms with Gasteiger partial charge >= 0.3 is 5.97 Å². The highest BCUT2D eigenvalue weighted by Crippen LogP contribution is 2.48. The van der Waals surface area contributed by atoms with E-state index in [1.807, 2.05) is 19.9 Å². The summed E-state index contributed by atoms with van der Waals surface area (Å²) >= 11 is 3.37. The van der Waals surface area contributed by atoms with Crippen molar-refractivity contribution in [3.63, 3.8) is 0 Å². The van der Waals surface area contributed by atoms with Gasteiger partial charge in [0.2, 0.25) is 10.0 Å². The summed E-state index contributed by atoms with van der Waals surface area (Å²) in [6.45, 7) is 12.7. The summed E-state index contributed by atoms with van der Waals surface area (Å²) in [5, 5.41) is 9.28. The van der Waals surface area contributed by atoms with Crippen LogP contribution < -0.4 is 4.74 Å². The molecule has 4 rings (SSSR count). The number of rotatable bonds is 8. The molecule has 0 aliphatic carbocycles. The van der Waals surface area contributed by atoms with Gasteiger partial charge in [-0.2, -0.15) is 4.31 Å². The molecular weight excluding hydrogens is 570 g/mol. The Bertz CT molecular complexity index is 1310. The minimum absolute atomic E-state index is 0.0190. The number of ether oxygens (including phenoxy) is 2. The van der Waals surface area contributed by atoms with E-state index < -0.39 is 22.6 Å². The first-order valence-corrected chi connectivity index (χ1v) is 15.2. The molecule has 0 amide bonds. The Morgan fingerprint density at radius 3 is 2.55 bits per heavy atom. The molecule has 0 aromatic heterocycles. The minimum Gasteiger partial charge on any atom is -0.482 e. The lowest BCUT2D eigenvalue weighted by atomic mass is 9.75. The molecule has 0 radical (unpaired) electrons. The second-order valence-electron chi connectivity index (χ2n) is 10.7. The molecule has 206 valence electrons. The maximum atomic E-state index is 13.4. The molecule has 0 unspecified atom stereocenters. The van der Waals surface area contributed by atoms with Crippen molar-refractivity contribution in [2.24, 2.45) is 11.8 Å². The van der Waals surface area contributed by atoms with Crippen molar-refractivity contribution in [2.75, 3.05) is 19.7 Å². The fourth-order valence-corrected chi connectivity index (χ4v) is 7.34. The Kier molecular flexibility index (Phi) is 8.71. The average molecular weight is 607 g/mol. The number of carboxylic acids is 1. The predicted octanol–water partition coefficient (Wildman–Crippen LogP) is 6.08. The van der Waals surface area contributed by atoms with Crippen molar-refractivity contribution in [1.82, 2.24) is 4.31 Å². The van der Waals surface area contributed by atoms with Crippen LogP contribution in [-0.4, -0.2) is 49.6 Å². The first-order valence-electron chi connectivity index (χ1n) is 12.9. The molecule has 38 heavy (non-hydrogen) atoms. The quantitative estimate of drug-likeness (QED) is 0.367. The van der Waals surface area contributed by atoms with E-state index in [1.165, 1.54) is 0 Å². The van der Waals surface area contributed by atoms with Crippen LogP contribution in [0.15, 0.2) is 57.9 Å². The first kappa shape index (κ1) is 28.8. The minimum atomic E-state index is -3.62. The first-order chi connectivity index (χ1) is 17.9. The molecule has 2 aliphatic rings. The molecule has 4 atom stereocenters. The molecule has 0 spiro atoms. The number of hydrogen-bond acceptors (Lipinski definition) is 5. The highest BCUT2D eigenvalue weighted by molar-refractivity contribution is 9.10. The van der Waals surface area contributed by atoms with Gasteiger partial charge in [0.25, 0.3) is 0 Å². The van der Waals surface area contributed by atoms with Crippen LogP contribution in [0.25, 0.3) is 0 Å². The summed E-state index contributed by atoms with van der Waals surface area (Å²) in [6.07, 6.45) is 0.826. The van der Waals surface area contributed by atoms with Gasteiger partial charge in [0.15, 0.2) is 6.61 Å². The molecule has 2 saturated heterocycles. The number of carbonyl (C=O) groups is 1. The Hall–Kier alpha value is -2.20. The zero-order valence-electron chi connectivity index (χ0n) is 22.3. The predicted molar refractivity (Wildman–Crippen MR) is 150 cm³/mol. The molecule has 9 heteroatoms. The van der Waals surface area contributed by atoms with E-state index in [1.54, 1.807) is 28.6 Å². The monoisotopic (exact) mass is 605 g/mol. The Balaban J connectivity index is 1.63. The van der Waals surface area contributed by atoms with Gasteiger partial charge in [0.1, 0.15) is 5.75 Å². The fourth-order valence-electron chi connectivity index (χ4n) is 5.57. The maximum absolute atomic E-state index is 13.4. The maximum Gasteiger partial charge on any atom is 0.341 e. The summed E-state index contributed by atoms with van der Waals surface area (Å²) in [6, 6.07) is 10.8. The van der Waals surface area contributed by atoms with Gasteiger partial charge < -0.3 is 14.6 Å². The molecule has 0 saturated carbocycles. The van der Waals surface area contributed by atoms with Crippen LogP contribution in [0.3, 0.4) is 0 Å². The Morgan fingerprint density at radius 1 is 1.26 bits per heavy atom. The molecule has 2 aromatic rings. The van der Waals surface area contributed by atoms with Crippen LogP contribution in [0.4, 0.5) is 0 Å². The normalized spacial score (nSPS) is 24.2. The van der Waals surface area contributed by atoms with Crippen molar-refractivity contribution in [3.8, 4) is 5.75 Å². The molecule has 2 aromatic carbocycles. The van der Waals surface area contributed by atoms with E-state index in [0.29, 0.717) is 25.3 Å². The van der Waals surface area contributed by atoms with Crippen molar-refractivity contribution < 1.29 is 27.8 Å². The highest BCUT2D eigenvalue weighted by atomic mass is 79.9.